The molecule has 0 saturated carbocycles. The maximum absolute atomic E-state index is 5.41. The molecule has 3 N–H and O–H groups in total. The molecule has 0 saturated heterocycles. The summed E-state index contributed by atoms with van der Waals surface area (Å²) in [5, 5.41) is 0. The van der Waals surface area contributed by atoms with E-state index in [4.69, 9.17) is 10.3 Å². The van der Waals surface area contributed by atoms with Crippen molar-refractivity contribution in [1.82, 2.24) is 5.43 Å². The maximum Gasteiger partial charge on any atom is 0.146 e. The number of nitrogens with one attached hydrogen (secondary N) is 1. The van der Waals surface area contributed by atoms with Crippen LogP contribution >= 0.6 is 0 Å². The second-order valence-corrected chi connectivity index (χ2v) is 3.33. The molecule has 0 unspecified atom stereocenters. The van der Waals surface area contributed by atoms with Crippen LogP contribution in [0, 0.1) is 0 Å². The smallest absolute Gasteiger partial charge is 0.146 e. The van der Waals surface area contributed by atoms with Crippen molar-refractivity contribution in [1.29, 1.82) is 0 Å². The first-order valence-corrected chi connectivity index (χ1v) is 4.80. The van der Waals surface area contributed by atoms with Crippen molar-refractivity contribution in [2.24, 2.45) is 10.8 Å². The molecular weight excluding hydrogens is 178 g/mol. The van der Waals surface area contributed by atoms with Gasteiger partial charge in [0.15, 0.2) is 0 Å². The summed E-state index contributed by atoms with van der Waals surface area (Å²) < 4.78 is 5.30. The molecule has 0 fully saturated rings. The second-order valence-electron chi connectivity index (χ2n) is 3.33. The van der Waals surface area contributed by atoms with E-state index in [0.717, 1.165) is 17.7 Å². The lowest BCUT2D eigenvalue weighted by Crippen LogP contribution is -2.32. The van der Waals surface area contributed by atoms with Gasteiger partial charge in [-0.2, -0.15) is 0 Å². The number of hydrogen-bond acceptors (Lipinski definition) is 3. The topological polar surface area (TPSA) is 63.5 Å². The van der Waals surface area contributed by atoms with Gasteiger partial charge in [0.1, 0.15) is 11.6 Å². The minimum Gasteiger partial charge on any atom is -0.469 e. The van der Waals surface area contributed by atoms with Crippen LogP contribution in [0.4, 0.5) is 0 Å². The molecule has 0 amide bonds. The molecule has 0 radical (unpaired) electrons. The third-order valence-corrected chi connectivity index (χ3v) is 1.85. The molecule has 14 heavy (non-hydrogen) atoms. The van der Waals surface area contributed by atoms with Crippen LogP contribution in [-0.2, 0) is 6.42 Å². The van der Waals surface area contributed by atoms with Crippen molar-refractivity contribution in [3.63, 3.8) is 0 Å². The predicted molar refractivity (Wildman–Crippen MR) is 57.1 cm³/mol. The van der Waals surface area contributed by atoms with Crippen molar-refractivity contribution >= 4 is 5.84 Å². The highest BCUT2D eigenvalue weighted by Crippen LogP contribution is 2.11. The summed E-state index contributed by atoms with van der Waals surface area (Å²) in [4.78, 5) is 4.37. The second kappa shape index (κ2) is 4.81. The summed E-state index contributed by atoms with van der Waals surface area (Å²) in [5.41, 5.74) is 3.55. The van der Waals surface area contributed by atoms with Crippen molar-refractivity contribution in [3.05, 3.63) is 23.7 Å². The number of nitrogens with zero attached hydrogens (tertiary/aromatic N) is 1. The summed E-state index contributed by atoms with van der Waals surface area (Å²) in [5.74, 6) is 7.00. The number of furan rings is 1. The van der Waals surface area contributed by atoms with Crippen LogP contribution < -0.4 is 11.3 Å². The van der Waals surface area contributed by atoms with Gasteiger partial charge in [-0.15, -0.1) is 0 Å². The lowest BCUT2D eigenvalue weighted by Gasteiger charge is -2.06. The molecule has 1 rings (SSSR count). The Morgan fingerprint density at radius 3 is 2.86 bits per heavy atom. The van der Waals surface area contributed by atoms with Crippen molar-refractivity contribution in [3.8, 4) is 0 Å². The highest BCUT2D eigenvalue weighted by atomic mass is 16.3. The third-order valence-electron chi connectivity index (χ3n) is 1.85. The van der Waals surface area contributed by atoms with Crippen LogP contribution in [0.3, 0.4) is 0 Å². The number of rotatable bonds is 3. The minimum absolute atomic E-state index is 0.209. The minimum atomic E-state index is 0.209. The van der Waals surface area contributed by atoms with E-state index in [-0.39, 0.29) is 6.04 Å². The van der Waals surface area contributed by atoms with Crippen LogP contribution in [0.1, 0.15) is 32.1 Å². The zero-order chi connectivity index (χ0) is 10.6. The zero-order valence-electron chi connectivity index (χ0n) is 8.87. The van der Waals surface area contributed by atoms with Crippen molar-refractivity contribution in [2.75, 3.05) is 0 Å². The fourth-order valence-corrected chi connectivity index (χ4v) is 1.27. The van der Waals surface area contributed by atoms with Gasteiger partial charge in [0.05, 0.1) is 11.8 Å². The Bertz CT molecular complexity index is 315. The SMILES string of the molecule is CCc1occc1C(=NC(C)C)NN. The van der Waals surface area contributed by atoms with Gasteiger partial charge in [0, 0.05) is 12.5 Å². The average Bonchev–Trinajstić information content (AvgIpc) is 2.61. The normalized spacial score (nSPS) is 12.2. The van der Waals surface area contributed by atoms with Gasteiger partial charge in [-0.1, -0.05) is 6.92 Å². The van der Waals surface area contributed by atoms with Crippen molar-refractivity contribution in [2.45, 2.75) is 33.2 Å². The molecule has 0 bridgehead atoms. The molecule has 4 nitrogen and oxygen atoms in total. The van der Waals surface area contributed by atoms with E-state index in [9.17, 15) is 0 Å². The Labute approximate surface area is 84.2 Å². The number of aliphatic imine (C=N–C) groups is 1. The van der Waals surface area contributed by atoms with Crippen LogP contribution in [0.15, 0.2) is 21.7 Å². The number of hydrogen-bond donors (Lipinski definition) is 2. The van der Waals surface area contributed by atoms with Gasteiger partial charge >= 0.3 is 0 Å². The first-order chi connectivity index (χ1) is 6.69. The molecule has 0 atom stereocenters. The van der Waals surface area contributed by atoms with E-state index in [2.05, 4.69) is 10.4 Å². The van der Waals surface area contributed by atoms with E-state index in [1.165, 1.54) is 0 Å². The molecule has 1 aromatic rings. The Morgan fingerprint density at radius 2 is 2.36 bits per heavy atom. The van der Waals surface area contributed by atoms with Gasteiger partial charge in [-0.05, 0) is 19.9 Å². The zero-order valence-corrected chi connectivity index (χ0v) is 8.87. The molecule has 0 aliphatic carbocycles. The highest BCUT2D eigenvalue weighted by Gasteiger charge is 2.10. The van der Waals surface area contributed by atoms with Gasteiger partial charge in [0.2, 0.25) is 0 Å². The maximum atomic E-state index is 5.41. The monoisotopic (exact) mass is 195 g/mol. The number of hydrazine groups is 1. The molecule has 4 heteroatoms. The van der Waals surface area contributed by atoms with E-state index < -0.39 is 0 Å². The van der Waals surface area contributed by atoms with Crippen LogP contribution in [0.2, 0.25) is 0 Å². The molecule has 0 aliphatic rings. The number of aryl methyl sites for hydroxylation is 1. The van der Waals surface area contributed by atoms with E-state index >= 15 is 0 Å². The lowest BCUT2D eigenvalue weighted by molar-refractivity contribution is 0.515. The van der Waals surface area contributed by atoms with Crippen LogP contribution in [-0.4, -0.2) is 11.9 Å². The van der Waals surface area contributed by atoms with Crippen LogP contribution in [0.25, 0.3) is 0 Å². The summed E-state index contributed by atoms with van der Waals surface area (Å²) in [6.45, 7) is 6.04. The Kier molecular flexibility index (Phi) is 3.71. The van der Waals surface area contributed by atoms with Crippen LogP contribution in [0.5, 0.6) is 0 Å². The summed E-state index contributed by atoms with van der Waals surface area (Å²) in [6.07, 6.45) is 2.49. The standard InChI is InChI=1S/C10H17N3O/c1-4-9-8(5-6-14-9)10(13-11)12-7(2)3/h5-7H,4,11H2,1-3H3,(H,12,13). The largest absolute Gasteiger partial charge is 0.469 e. The van der Waals surface area contributed by atoms with Gasteiger partial charge in [0.25, 0.3) is 0 Å². The summed E-state index contributed by atoms with van der Waals surface area (Å²) in [6, 6.07) is 2.08. The molecular formula is C10H17N3O. The summed E-state index contributed by atoms with van der Waals surface area (Å²) >= 11 is 0. The molecule has 1 aromatic heterocycles. The first-order valence-electron chi connectivity index (χ1n) is 4.80. The molecule has 0 spiro atoms. The quantitative estimate of drug-likeness (QED) is 0.332. The van der Waals surface area contributed by atoms with E-state index in [1.54, 1.807) is 6.26 Å². The van der Waals surface area contributed by atoms with Gasteiger partial charge in [-0.3, -0.25) is 4.99 Å². The number of amidine groups is 1. The van der Waals surface area contributed by atoms with Gasteiger partial charge < -0.3 is 9.84 Å². The molecule has 0 aliphatic heterocycles. The predicted octanol–water partition coefficient (Wildman–Crippen LogP) is 1.46. The molecule has 78 valence electrons. The van der Waals surface area contributed by atoms with Crippen molar-refractivity contribution < 1.29 is 4.42 Å². The Morgan fingerprint density at radius 1 is 1.64 bits per heavy atom. The fourth-order valence-electron chi connectivity index (χ4n) is 1.27. The highest BCUT2D eigenvalue weighted by molar-refractivity contribution is 5.99. The third kappa shape index (κ3) is 2.35. The molecule has 1 heterocycles. The molecule has 0 aromatic carbocycles. The lowest BCUT2D eigenvalue weighted by atomic mass is 10.2. The van der Waals surface area contributed by atoms with E-state index in [1.807, 2.05) is 26.8 Å². The Hall–Kier alpha value is -1.29. The average molecular weight is 195 g/mol. The van der Waals surface area contributed by atoms with E-state index in [0.29, 0.717) is 5.84 Å². The fraction of sp³-hybridized carbons (Fsp3) is 0.500. The van der Waals surface area contributed by atoms with Gasteiger partial charge in [-0.25, -0.2) is 5.84 Å². The Balaban J connectivity index is 3.00. The number of nitrogens with two attached hydrogens (primary N) is 1. The first kappa shape index (κ1) is 10.8. The summed E-state index contributed by atoms with van der Waals surface area (Å²) in [7, 11) is 0.